The van der Waals surface area contributed by atoms with Crippen molar-refractivity contribution >= 4 is 9.84 Å². The second-order valence-corrected chi connectivity index (χ2v) is 5.26. The van der Waals surface area contributed by atoms with Crippen molar-refractivity contribution in [3.05, 3.63) is 23.3 Å². The van der Waals surface area contributed by atoms with Crippen LogP contribution in [0.4, 0.5) is 13.2 Å². The van der Waals surface area contributed by atoms with Gasteiger partial charge in [0.15, 0.2) is 0 Å². The number of hydrogen-bond donors (Lipinski definition) is 1. The van der Waals surface area contributed by atoms with Gasteiger partial charge in [0.05, 0.1) is 4.90 Å². The molecule has 7 heteroatoms. The van der Waals surface area contributed by atoms with E-state index in [2.05, 4.69) is 0 Å². The third-order valence-electron chi connectivity index (χ3n) is 2.09. The second kappa shape index (κ2) is 3.65. The summed E-state index contributed by atoms with van der Waals surface area (Å²) in [7, 11) is -5.36. The summed E-state index contributed by atoms with van der Waals surface area (Å²) in [5.41, 5.74) is -5.39. The molecule has 0 aliphatic carbocycles. The Morgan fingerprint density at radius 1 is 1.12 bits per heavy atom. The number of aryl methyl sites for hydroxylation is 2. The van der Waals surface area contributed by atoms with Crippen LogP contribution in [-0.2, 0) is 9.84 Å². The molecular weight excluding hydrogens is 245 g/mol. The summed E-state index contributed by atoms with van der Waals surface area (Å²) in [6, 6.07) is 1.81. The largest absolute Gasteiger partial charge is 0.508 e. The Bertz CT molecular complexity index is 518. The van der Waals surface area contributed by atoms with Gasteiger partial charge in [-0.25, -0.2) is 8.42 Å². The fraction of sp³-hybridized carbons (Fsp3) is 0.333. The molecule has 0 spiro atoms. The first-order chi connectivity index (χ1) is 7.07. The minimum absolute atomic E-state index is 0.0772. The van der Waals surface area contributed by atoms with E-state index in [9.17, 15) is 26.7 Å². The highest BCUT2D eigenvalue weighted by atomic mass is 32.2. The van der Waals surface area contributed by atoms with Crippen molar-refractivity contribution in [1.29, 1.82) is 0 Å². The monoisotopic (exact) mass is 254 g/mol. The summed E-state index contributed by atoms with van der Waals surface area (Å²) in [5.74, 6) is -0.237. The van der Waals surface area contributed by atoms with E-state index in [0.29, 0.717) is 0 Å². The minimum Gasteiger partial charge on any atom is -0.508 e. The van der Waals surface area contributed by atoms with E-state index in [1.807, 2.05) is 0 Å². The maximum absolute atomic E-state index is 12.3. The normalized spacial score (nSPS) is 12.8. The molecule has 0 aliphatic rings. The number of phenols is 1. The van der Waals surface area contributed by atoms with Gasteiger partial charge in [-0.3, -0.25) is 0 Å². The number of alkyl halides is 3. The number of sulfone groups is 1. The van der Waals surface area contributed by atoms with Crippen molar-refractivity contribution in [2.24, 2.45) is 0 Å². The van der Waals surface area contributed by atoms with Crippen LogP contribution in [0.25, 0.3) is 0 Å². The zero-order chi connectivity index (χ0) is 12.7. The van der Waals surface area contributed by atoms with Crippen LogP contribution in [0, 0.1) is 13.8 Å². The molecule has 0 bridgehead atoms. The van der Waals surface area contributed by atoms with Crippen LogP contribution >= 0.6 is 0 Å². The van der Waals surface area contributed by atoms with Crippen LogP contribution in [-0.4, -0.2) is 19.0 Å². The summed E-state index contributed by atoms with van der Waals surface area (Å²) < 4.78 is 59.1. The smallest absolute Gasteiger partial charge is 0.501 e. The van der Waals surface area contributed by atoms with E-state index in [0.717, 1.165) is 12.1 Å². The third-order valence-corrected chi connectivity index (χ3v) is 3.72. The molecule has 0 atom stereocenters. The molecule has 90 valence electrons. The molecule has 0 amide bonds. The third kappa shape index (κ3) is 1.99. The van der Waals surface area contributed by atoms with E-state index in [-0.39, 0.29) is 16.9 Å². The van der Waals surface area contributed by atoms with Gasteiger partial charge < -0.3 is 5.11 Å². The number of rotatable bonds is 1. The fourth-order valence-corrected chi connectivity index (χ4v) is 2.25. The molecule has 3 nitrogen and oxygen atoms in total. The number of phenolic OH excluding ortho intramolecular Hbond substituents is 1. The summed E-state index contributed by atoms with van der Waals surface area (Å²) >= 11 is 0. The Morgan fingerprint density at radius 2 is 1.62 bits per heavy atom. The van der Waals surface area contributed by atoms with Gasteiger partial charge in [0.25, 0.3) is 9.84 Å². The van der Waals surface area contributed by atoms with Crippen molar-refractivity contribution in [3.8, 4) is 5.75 Å². The molecule has 1 aromatic carbocycles. The number of benzene rings is 1. The Morgan fingerprint density at radius 3 is 2.06 bits per heavy atom. The van der Waals surface area contributed by atoms with Crippen LogP contribution in [0.15, 0.2) is 17.0 Å². The van der Waals surface area contributed by atoms with Gasteiger partial charge in [-0.05, 0) is 37.1 Å². The summed E-state index contributed by atoms with van der Waals surface area (Å²) in [6.07, 6.45) is 0. The lowest BCUT2D eigenvalue weighted by Gasteiger charge is -2.12. The Labute approximate surface area is 90.4 Å². The molecule has 1 N–H and O–H groups in total. The molecule has 0 aromatic heterocycles. The lowest BCUT2D eigenvalue weighted by Crippen LogP contribution is -2.24. The first-order valence-electron chi connectivity index (χ1n) is 4.19. The lowest BCUT2D eigenvalue weighted by molar-refractivity contribution is -0.0436. The van der Waals surface area contributed by atoms with Crippen molar-refractivity contribution in [1.82, 2.24) is 0 Å². The topological polar surface area (TPSA) is 54.4 Å². The number of halogens is 3. The Hall–Kier alpha value is -1.24. The van der Waals surface area contributed by atoms with E-state index >= 15 is 0 Å². The van der Waals surface area contributed by atoms with Crippen molar-refractivity contribution in [3.63, 3.8) is 0 Å². The predicted molar refractivity (Wildman–Crippen MR) is 50.8 cm³/mol. The second-order valence-electron chi connectivity index (χ2n) is 3.35. The molecule has 0 aliphatic heterocycles. The molecule has 0 saturated carbocycles. The van der Waals surface area contributed by atoms with Gasteiger partial charge in [0.1, 0.15) is 5.75 Å². The van der Waals surface area contributed by atoms with Crippen molar-refractivity contribution in [2.75, 3.05) is 0 Å². The molecule has 0 fully saturated rings. The van der Waals surface area contributed by atoms with Crippen molar-refractivity contribution < 1.29 is 26.7 Å². The minimum atomic E-state index is -5.36. The molecule has 16 heavy (non-hydrogen) atoms. The maximum Gasteiger partial charge on any atom is 0.501 e. The van der Waals surface area contributed by atoms with Gasteiger partial charge in [0.2, 0.25) is 0 Å². The molecule has 1 aromatic rings. The van der Waals surface area contributed by atoms with Gasteiger partial charge in [-0.1, -0.05) is 0 Å². The quantitative estimate of drug-likeness (QED) is 0.836. The first-order valence-corrected chi connectivity index (χ1v) is 5.67. The average molecular weight is 254 g/mol. The van der Waals surface area contributed by atoms with Crippen LogP contribution in [0.3, 0.4) is 0 Å². The summed E-state index contributed by atoms with van der Waals surface area (Å²) in [5, 5.41) is 9.22. The van der Waals surface area contributed by atoms with Crippen molar-refractivity contribution in [2.45, 2.75) is 24.3 Å². The lowest BCUT2D eigenvalue weighted by atomic mass is 10.1. The van der Waals surface area contributed by atoms with Crippen LogP contribution in [0.1, 0.15) is 11.1 Å². The fourth-order valence-electron chi connectivity index (χ4n) is 1.19. The zero-order valence-corrected chi connectivity index (χ0v) is 9.28. The zero-order valence-electron chi connectivity index (χ0n) is 8.46. The predicted octanol–water partition coefficient (Wildman–Crippen LogP) is 2.30. The van der Waals surface area contributed by atoms with Gasteiger partial charge in [-0.2, -0.15) is 13.2 Å². The number of aromatic hydroxyl groups is 1. The van der Waals surface area contributed by atoms with Crippen LogP contribution < -0.4 is 0 Å². The van der Waals surface area contributed by atoms with E-state index in [1.165, 1.54) is 13.8 Å². The molecule has 0 saturated heterocycles. The highest BCUT2D eigenvalue weighted by Crippen LogP contribution is 2.34. The van der Waals surface area contributed by atoms with Gasteiger partial charge in [-0.15, -0.1) is 0 Å². The maximum atomic E-state index is 12.3. The average Bonchev–Trinajstić information content (AvgIpc) is 2.09. The molecule has 0 radical (unpaired) electrons. The van der Waals surface area contributed by atoms with E-state index in [4.69, 9.17) is 0 Å². The molecule has 0 heterocycles. The SMILES string of the molecule is Cc1cc(S(=O)(=O)C(F)(F)F)c(C)cc1O. The molecule has 0 unspecified atom stereocenters. The standard InChI is InChI=1S/C9H9F3O3S/c1-5-4-8(6(2)3-7(5)13)16(14,15)9(10,11)12/h3-4,13H,1-2H3. The number of hydrogen-bond acceptors (Lipinski definition) is 3. The Kier molecular flexibility index (Phi) is 2.93. The summed E-state index contributed by atoms with van der Waals surface area (Å²) in [4.78, 5) is -0.824. The molecule has 1 rings (SSSR count). The Balaban J connectivity index is 3.53. The van der Waals surface area contributed by atoms with Crippen LogP contribution in [0.5, 0.6) is 5.75 Å². The van der Waals surface area contributed by atoms with Crippen LogP contribution in [0.2, 0.25) is 0 Å². The van der Waals surface area contributed by atoms with E-state index < -0.39 is 20.2 Å². The summed E-state index contributed by atoms with van der Waals surface area (Å²) in [6.45, 7) is 2.52. The highest BCUT2D eigenvalue weighted by molar-refractivity contribution is 7.92. The first kappa shape index (κ1) is 12.8. The molecular formula is C9H9F3O3S. The van der Waals surface area contributed by atoms with E-state index in [1.54, 1.807) is 0 Å². The highest BCUT2D eigenvalue weighted by Gasteiger charge is 2.47. The van der Waals surface area contributed by atoms with Gasteiger partial charge >= 0.3 is 5.51 Å². The van der Waals surface area contributed by atoms with Gasteiger partial charge in [0, 0.05) is 0 Å².